The molecule has 3 saturated heterocycles. The van der Waals surface area contributed by atoms with E-state index in [1.165, 1.54) is 10.4 Å². The molecule has 1 aromatic heterocycles. The summed E-state index contributed by atoms with van der Waals surface area (Å²) in [6, 6.07) is 1.70. The van der Waals surface area contributed by atoms with Crippen LogP contribution >= 0.6 is 11.3 Å². The van der Waals surface area contributed by atoms with Crippen molar-refractivity contribution in [3.05, 3.63) is 21.9 Å². The summed E-state index contributed by atoms with van der Waals surface area (Å²) in [5, 5.41) is 2.12. The second-order valence-corrected chi connectivity index (χ2v) is 7.50. The molecule has 0 N–H and O–H groups in total. The third kappa shape index (κ3) is 2.16. The Morgan fingerprint density at radius 1 is 1.14 bits per heavy atom. The van der Waals surface area contributed by atoms with Gasteiger partial charge in [0.05, 0.1) is 0 Å². The molecule has 6 heteroatoms. The Bertz CT molecular complexity index is 614. The van der Waals surface area contributed by atoms with Crippen molar-refractivity contribution in [2.24, 2.45) is 0 Å². The summed E-state index contributed by atoms with van der Waals surface area (Å²) in [6.07, 6.45) is 1.80. The van der Waals surface area contributed by atoms with Crippen molar-refractivity contribution in [2.75, 3.05) is 26.2 Å². The molecule has 1 aromatic rings. The Kier molecular flexibility index (Phi) is 3.46. The first-order valence-electron chi connectivity index (χ1n) is 8.01. The van der Waals surface area contributed by atoms with Crippen LogP contribution in [0.1, 0.15) is 23.3 Å². The SMILES string of the molecule is Cc1ccsc1CN1CCN2C(=O)[C@H]3CCCN3C(=O)[C@H]2C1. The molecular formula is C16H21N3O2S. The van der Waals surface area contributed by atoms with Crippen LogP contribution in [0.5, 0.6) is 0 Å². The largest absolute Gasteiger partial charge is 0.329 e. The van der Waals surface area contributed by atoms with Gasteiger partial charge < -0.3 is 9.80 Å². The van der Waals surface area contributed by atoms with Crippen LogP contribution in [-0.2, 0) is 16.1 Å². The van der Waals surface area contributed by atoms with Crippen LogP contribution in [0.15, 0.2) is 11.4 Å². The number of fused-ring (bicyclic) bond motifs is 2. The minimum absolute atomic E-state index is 0.162. The fraction of sp³-hybridized carbons (Fsp3) is 0.625. The van der Waals surface area contributed by atoms with Gasteiger partial charge in [-0.15, -0.1) is 11.3 Å². The van der Waals surface area contributed by atoms with E-state index in [4.69, 9.17) is 0 Å². The molecule has 22 heavy (non-hydrogen) atoms. The molecule has 2 atom stereocenters. The second kappa shape index (κ2) is 5.35. The highest BCUT2D eigenvalue weighted by Crippen LogP contribution is 2.29. The lowest BCUT2D eigenvalue weighted by Gasteiger charge is -2.47. The zero-order valence-electron chi connectivity index (χ0n) is 12.8. The highest BCUT2D eigenvalue weighted by Gasteiger charge is 2.49. The molecule has 0 saturated carbocycles. The van der Waals surface area contributed by atoms with Gasteiger partial charge in [-0.1, -0.05) is 0 Å². The molecule has 4 heterocycles. The molecule has 5 nitrogen and oxygen atoms in total. The predicted molar refractivity (Wildman–Crippen MR) is 84.6 cm³/mol. The number of nitrogens with zero attached hydrogens (tertiary/aromatic N) is 3. The minimum atomic E-state index is -0.268. The minimum Gasteiger partial charge on any atom is -0.329 e. The number of rotatable bonds is 2. The van der Waals surface area contributed by atoms with Crippen molar-refractivity contribution in [3.63, 3.8) is 0 Å². The quantitative estimate of drug-likeness (QED) is 0.819. The fourth-order valence-electron chi connectivity index (χ4n) is 3.90. The normalized spacial score (nSPS) is 29.0. The van der Waals surface area contributed by atoms with Crippen molar-refractivity contribution in [1.82, 2.24) is 14.7 Å². The van der Waals surface area contributed by atoms with Crippen molar-refractivity contribution in [3.8, 4) is 0 Å². The van der Waals surface area contributed by atoms with Gasteiger partial charge in [0.15, 0.2) is 0 Å². The van der Waals surface area contributed by atoms with Gasteiger partial charge in [0.25, 0.3) is 0 Å². The molecule has 3 fully saturated rings. The average molecular weight is 319 g/mol. The number of hydrogen-bond donors (Lipinski definition) is 0. The predicted octanol–water partition coefficient (Wildman–Crippen LogP) is 1.07. The highest BCUT2D eigenvalue weighted by molar-refractivity contribution is 7.10. The van der Waals surface area contributed by atoms with Gasteiger partial charge in [0.2, 0.25) is 11.8 Å². The third-order valence-electron chi connectivity index (χ3n) is 5.19. The topological polar surface area (TPSA) is 43.9 Å². The summed E-state index contributed by atoms with van der Waals surface area (Å²) in [6.45, 7) is 5.99. The summed E-state index contributed by atoms with van der Waals surface area (Å²) >= 11 is 1.77. The lowest BCUT2D eigenvalue weighted by atomic mass is 10.0. The van der Waals surface area contributed by atoms with E-state index in [1.54, 1.807) is 11.3 Å². The first-order valence-corrected chi connectivity index (χ1v) is 8.89. The zero-order valence-corrected chi connectivity index (χ0v) is 13.6. The van der Waals surface area contributed by atoms with Crippen molar-refractivity contribution in [2.45, 2.75) is 38.4 Å². The van der Waals surface area contributed by atoms with Crippen LogP contribution in [0.3, 0.4) is 0 Å². The monoisotopic (exact) mass is 319 g/mol. The van der Waals surface area contributed by atoms with E-state index in [0.717, 1.165) is 32.5 Å². The van der Waals surface area contributed by atoms with Crippen LogP contribution in [0.4, 0.5) is 0 Å². The standard InChI is InChI=1S/C16H21N3O2S/c1-11-4-8-22-14(11)10-17-6-7-19-13(9-17)16(21)18-5-2-3-12(18)15(19)20/h4,8,12-13H,2-3,5-7,9-10H2,1H3/t12-,13-/m1/s1. The molecule has 3 aliphatic heterocycles. The first kappa shape index (κ1) is 14.2. The molecule has 4 rings (SSSR count). The summed E-state index contributed by atoms with van der Waals surface area (Å²) in [5.74, 6) is 0.337. The van der Waals surface area contributed by atoms with Gasteiger partial charge in [-0.3, -0.25) is 14.5 Å². The molecule has 0 aliphatic carbocycles. The first-order chi connectivity index (χ1) is 10.6. The number of piperazine rings is 2. The van der Waals surface area contributed by atoms with Crippen molar-refractivity contribution < 1.29 is 9.59 Å². The van der Waals surface area contributed by atoms with Crippen LogP contribution in [0, 0.1) is 6.92 Å². The molecule has 0 aromatic carbocycles. The van der Waals surface area contributed by atoms with E-state index >= 15 is 0 Å². The highest BCUT2D eigenvalue weighted by atomic mass is 32.1. The van der Waals surface area contributed by atoms with Gasteiger partial charge in [-0.25, -0.2) is 0 Å². The van der Waals surface area contributed by atoms with Gasteiger partial charge >= 0.3 is 0 Å². The Labute approximate surface area is 134 Å². The maximum atomic E-state index is 12.7. The molecule has 0 unspecified atom stereocenters. The molecule has 118 valence electrons. The second-order valence-electron chi connectivity index (χ2n) is 6.50. The van der Waals surface area contributed by atoms with Crippen LogP contribution in [0.25, 0.3) is 0 Å². The van der Waals surface area contributed by atoms with E-state index in [0.29, 0.717) is 13.1 Å². The van der Waals surface area contributed by atoms with Crippen LogP contribution in [0.2, 0.25) is 0 Å². The van der Waals surface area contributed by atoms with Crippen molar-refractivity contribution >= 4 is 23.2 Å². The molecule has 2 amide bonds. The Morgan fingerprint density at radius 2 is 1.91 bits per heavy atom. The number of hydrogen-bond acceptors (Lipinski definition) is 4. The summed E-state index contributed by atoms with van der Waals surface area (Å²) in [4.78, 5) is 32.6. The summed E-state index contributed by atoms with van der Waals surface area (Å²) in [5.41, 5.74) is 1.32. The van der Waals surface area contributed by atoms with E-state index in [2.05, 4.69) is 23.3 Å². The van der Waals surface area contributed by atoms with E-state index < -0.39 is 0 Å². The third-order valence-corrected chi connectivity index (χ3v) is 6.20. The van der Waals surface area contributed by atoms with Gasteiger partial charge in [0, 0.05) is 37.6 Å². The molecule has 0 radical (unpaired) electrons. The number of amides is 2. The van der Waals surface area contributed by atoms with Gasteiger partial charge in [0.1, 0.15) is 12.1 Å². The number of thiophene rings is 1. The van der Waals surface area contributed by atoms with E-state index in [-0.39, 0.29) is 23.9 Å². The smallest absolute Gasteiger partial charge is 0.247 e. The molecular weight excluding hydrogens is 298 g/mol. The summed E-state index contributed by atoms with van der Waals surface area (Å²) in [7, 11) is 0. The van der Waals surface area contributed by atoms with Gasteiger partial charge in [-0.2, -0.15) is 0 Å². The van der Waals surface area contributed by atoms with Crippen molar-refractivity contribution in [1.29, 1.82) is 0 Å². The van der Waals surface area contributed by atoms with E-state index in [1.807, 2.05) is 9.80 Å². The lowest BCUT2D eigenvalue weighted by molar-refractivity contribution is -0.163. The molecule has 0 bridgehead atoms. The lowest BCUT2D eigenvalue weighted by Crippen LogP contribution is -2.68. The summed E-state index contributed by atoms with van der Waals surface area (Å²) < 4.78 is 0. The average Bonchev–Trinajstić information content (AvgIpc) is 3.15. The molecule has 0 spiro atoms. The number of aryl methyl sites for hydroxylation is 1. The maximum Gasteiger partial charge on any atom is 0.247 e. The Morgan fingerprint density at radius 3 is 2.68 bits per heavy atom. The van der Waals surface area contributed by atoms with Crippen LogP contribution < -0.4 is 0 Å². The van der Waals surface area contributed by atoms with Crippen LogP contribution in [-0.4, -0.2) is 64.8 Å². The Balaban J connectivity index is 1.51. The maximum absolute atomic E-state index is 12.7. The Hall–Kier alpha value is -1.40. The molecule has 3 aliphatic rings. The fourth-order valence-corrected chi connectivity index (χ4v) is 4.84. The number of carbonyl (C=O) groups excluding carboxylic acids is 2. The zero-order chi connectivity index (χ0) is 15.3. The van der Waals surface area contributed by atoms with Gasteiger partial charge in [-0.05, 0) is 36.8 Å². The number of carbonyl (C=O) groups is 2. The van der Waals surface area contributed by atoms with E-state index in [9.17, 15) is 9.59 Å².